The van der Waals surface area contributed by atoms with Crippen LogP contribution in [-0.2, 0) is 3.83 Å². The molecular weight excluding hydrogens is 293 g/mol. The second-order valence-corrected chi connectivity index (χ2v) is 6.52. The summed E-state index contributed by atoms with van der Waals surface area (Å²) in [6.45, 7) is 0. The van der Waals surface area contributed by atoms with Crippen molar-refractivity contribution in [1.29, 1.82) is 0 Å². The third-order valence-electron chi connectivity index (χ3n) is 2.76. The van der Waals surface area contributed by atoms with Crippen molar-refractivity contribution in [3.63, 3.8) is 0 Å². The van der Waals surface area contributed by atoms with Crippen LogP contribution in [0.2, 0.25) is 0 Å². The minimum absolute atomic E-state index is 0.0518. The van der Waals surface area contributed by atoms with E-state index in [2.05, 4.69) is 4.99 Å². The first-order chi connectivity index (χ1) is 8.75. The molecule has 0 bridgehead atoms. The fraction of sp³-hybridized carbons (Fsp3) is 0. The van der Waals surface area contributed by atoms with E-state index < -0.39 is 13.8 Å². The van der Waals surface area contributed by atoms with Crippen molar-refractivity contribution in [2.75, 3.05) is 0 Å². The van der Waals surface area contributed by atoms with E-state index in [4.69, 9.17) is 0 Å². The van der Waals surface area contributed by atoms with E-state index in [1.807, 2.05) is 18.2 Å². The van der Waals surface area contributed by atoms with Gasteiger partial charge in [0.1, 0.15) is 0 Å². The second kappa shape index (κ2) is 4.41. The Morgan fingerprint density at radius 3 is 2.56 bits per heavy atom. The number of aliphatic imine (C=N–C) groups is 1. The first kappa shape index (κ1) is 11.2. The van der Waals surface area contributed by atoms with Gasteiger partial charge in [-0.3, -0.25) is 0 Å². The van der Waals surface area contributed by atoms with E-state index in [1.54, 1.807) is 30.3 Å². The molecule has 0 N–H and O–H groups in total. The summed E-state index contributed by atoms with van der Waals surface area (Å²) in [5.41, 5.74) is 1.92. The van der Waals surface area contributed by atoms with Gasteiger partial charge in [0.15, 0.2) is 0 Å². The van der Waals surface area contributed by atoms with Crippen LogP contribution in [0.1, 0.15) is 15.9 Å². The predicted molar refractivity (Wildman–Crippen MR) is 70.5 cm³/mol. The summed E-state index contributed by atoms with van der Waals surface area (Å²) < 4.78 is 12.4. The van der Waals surface area contributed by atoms with Crippen LogP contribution in [0, 0.1) is 0 Å². The Morgan fingerprint density at radius 1 is 1.00 bits per heavy atom. The molecule has 1 atom stereocenters. The fourth-order valence-electron chi connectivity index (χ4n) is 1.84. The molecule has 0 saturated carbocycles. The summed E-state index contributed by atoms with van der Waals surface area (Å²) in [7, 11) is 0. The zero-order valence-electron chi connectivity index (χ0n) is 9.37. The minimum atomic E-state index is -2.17. The third-order valence-corrected chi connectivity index (χ3v) is 4.98. The first-order valence-electron chi connectivity index (χ1n) is 5.44. The Kier molecular flexibility index (Phi) is 2.74. The van der Waals surface area contributed by atoms with E-state index in [0.717, 1.165) is 5.69 Å². The van der Waals surface area contributed by atoms with Crippen LogP contribution in [0.5, 0.6) is 0 Å². The summed E-state index contributed by atoms with van der Waals surface area (Å²) in [6, 6.07) is 14.3. The van der Waals surface area contributed by atoms with Crippen LogP contribution in [0.15, 0.2) is 53.5 Å². The molecule has 2 aromatic rings. The van der Waals surface area contributed by atoms with Crippen molar-refractivity contribution in [2.24, 2.45) is 4.99 Å². The third kappa shape index (κ3) is 1.86. The molecule has 4 heteroatoms. The Labute approximate surface area is 108 Å². The van der Waals surface area contributed by atoms with Crippen molar-refractivity contribution in [3.05, 3.63) is 59.7 Å². The molecule has 88 valence electrons. The summed E-state index contributed by atoms with van der Waals surface area (Å²) in [4.78, 5) is 16.3. The quantitative estimate of drug-likeness (QED) is 0.627. The van der Waals surface area contributed by atoms with Gasteiger partial charge in [-0.25, -0.2) is 0 Å². The topological polar surface area (TPSA) is 46.5 Å². The average Bonchev–Trinajstić information content (AvgIpc) is 2.80. The van der Waals surface area contributed by atoms with Crippen LogP contribution >= 0.6 is 0 Å². The molecule has 1 aliphatic rings. The van der Waals surface area contributed by atoms with Gasteiger partial charge in [-0.2, -0.15) is 0 Å². The molecule has 0 aromatic heterocycles. The van der Waals surface area contributed by atoms with E-state index in [-0.39, 0.29) is 5.78 Å². The number of ketones is 1. The standard InChI is InChI=1S/C14H9NO2Se/c16-14(10-4-2-1-3-5-10)11-6-7-12-13(8-11)18(17)9-15-12/h1-9H. The molecule has 0 radical (unpaired) electrons. The van der Waals surface area contributed by atoms with Gasteiger partial charge in [0.2, 0.25) is 0 Å². The van der Waals surface area contributed by atoms with Gasteiger partial charge in [0, 0.05) is 0 Å². The molecule has 1 heterocycles. The SMILES string of the molecule is O=C(c1ccccc1)c1ccc2c(c1)[Se](=O)C=N2. The van der Waals surface area contributed by atoms with Gasteiger partial charge in [-0.05, 0) is 0 Å². The number of nitrogens with zero attached hydrogens (tertiary/aromatic N) is 1. The predicted octanol–water partition coefficient (Wildman–Crippen LogP) is 1.80. The number of benzene rings is 2. The number of carbonyl (C=O) groups excluding carboxylic acids is 1. The first-order valence-corrected chi connectivity index (χ1v) is 7.99. The van der Waals surface area contributed by atoms with Crippen LogP contribution < -0.4 is 4.46 Å². The van der Waals surface area contributed by atoms with Crippen molar-refractivity contribution >= 4 is 34.9 Å². The number of hydrogen-bond acceptors (Lipinski definition) is 3. The molecule has 3 rings (SSSR count). The summed E-state index contributed by atoms with van der Waals surface area (Å²) in [6.07, 6.45) is 0. The molecule has 0 saturated heterocycles. The molecule has 18 heavy (non-hydrogen) atoms. The van der Waals surface area contributed by atoms with E-state index in [0.29, 0.717) is 15.6 Å². The van der Waals surface area contributed by atoms with E-state index in [9.17, 15) is 8.63 Å². The number of rotatable bonds is 2. The van der Waals surface area contributed by atoms with Gasteiger partial charge in [-0.1, -0.05) is 0 Å². The number of fused-ring (bicyclic) bond motifs is 1. The Morgan fingerprint density at radius 2 is 1.78 bits per heavy atom. The van der Waals surface area contributed by atoms with Gasteiger partial charge in [-0.15, -0.1) is 0 Å². The maximum atomic E-state index is 12.2. The normalized spacial score (nSPS) is 16.6. The van der Waals surface area contributed by atoms with E-state index in [1.165, 1.54) is 5.11 Å². The Hall–Kier alpha value is -1.90. The summed E-state index contributed by atoms with van der Waals surface area (Å²) in [5.74, 6) is -0.0518. The van der Waals surface area contributed by atoms with Crippen LogP contribution in [0.3, 0.4) is 0 Å². The molecule has 0 aliphatic carbocycles. The van der Waals surface area contributed by atoms with Gasteiger partial charge in [0.05, 0.1) is 0 Å². The van der Waals surface area contributed by atoms with Gasteiger partial charge < -0.3 is 0 Å². The van der Waals surface area contributed by atoms with Crippen LogP contribution in [-0.4, -0.2) is 24.7 Å². The number of carbonyl (C=O) groups is 1. The van der Waals surface area contributed by atoms with Gasteiger partial charge in [0.25, 0.3) is 0 Å². The molecule has 1 unspecified atom stereocenters. The van der Waals surface area contributed by atoms with Crippen molar-refractivity contribution < 1.29 is 8.63 Å². The fourth-order valence-corrected chi connectivity index (χ4v) is 3.71. The second-order valence-electron chi connectivity index (χ2n) is 3.91. The summed E-state index contributed by atoms with van der Waals surface area (Å²) in [5, 5.41) is 1.49. The van der Waals surface area contributed by atoms with E-state index >= 15 is 0 Å². The van der Waals surface area contributed by atoms with Crippen molar-refractivity contribution in [1.82, 2.24) is 0 Å². The van der Waals surface area contributed by atoms with Gasteiger partial charge >= 0.3 is 108 Å². The molecule has 2 aromatic carbocycles. The van der Waals surface area contributed by atoms with Crippen molar-refractivity contribution in [3.8, 4) is 0 Å². The number of hydrogen-bond donors (Lipinski definition) is 0. The maximum absolute atomic E-state index is 12.2. The van der Waals surface area contributed by atoms with Crippen molar-refractivity contribution in [2.45, 2.75) is 0 Å². The zero-order valence-corrected chi connectivity index (χ0v) is 11.1. The zero-order chi connectivity index (χ0) is 12.5. The molecular formula is C14H9NO2Se. The molecule has 0 amide bonds. The molecule has 0 spiro atoms. The molecule has 3 nitrogen and oxygen atoms in total. The Bertz CT molecular complexity index is 677. The monoisotopic (exact) mass is 303 g/mol. The van der Waals surface area contributed by atoms with Crippen LogP contribution in [0.4, 0.5) is 5.69 Å². The summed E-state index contributed by atoms with van der Waals surface area (Å²) >= 11 is -2.17. The average molecular weight is 302 g/mol. The molecule has 1 aliphatic heterocycles. The van der Waals surface area contributed by atoms with Crippen LogP contribution in [0.25, 0.3) is 0 Å². The Balaban J connectivity index is 2.02. The molecule has 0 fully saturated rings.